The lowest BCUT2D eigenvalue weighted by atomic mass is 9.97. The van der Waals surface area contributed by atoms with E-state index in [2.05, 4.69) is 52.8 Å². The third kappa shape index (κ3) is 7.23. The lowest BCUT2D eigenvalue weighted by Gasteiger charge is -2.31. The number of amides is 1. The number of hydrogen-bond acceptors (Lipinski definition) is 4. The number of primary amides is 1. The molecule has 1 aromatic carbocycles. The summed E-state index contributed by atoms with van der Waals surface area (Å²) in [5.74, 6) is 0.769. The van der Waals surface area contributed by atoms with E-state index < -0.39 is 0 Å². The fourth-order valence-corrected chi connectivity index (χ4v) is 4.96. The topological polar surface area (TPSA) is 82.8 Å². The number of nitrogens with one attached hydrogen (secondary N) is 2. The zero-order valence-corrected chi connectivity index (χ0v) is 18.3. The molecule has 1 saturated heterocycles. The van der Waals surface area contributed by atoms with Crippen LogP contribution >= 0.6 is 11.8 Å². The van der Waals surface area contributed by atoms with Gasteiger partial charge in [0.1, 0.15) is 0 Å². The Morgan fingerprint density at radius 1 is 1.31 bits per heavy atom. The van der Waals surface area contributed by atoms with Crippen LogP contribution in [-0.2, 0) is 4.79 Å². The number of carbonyl (C=O) groups is 1. The van der Waals surface area contributed by atoms with Crippen molar-refractivity contribution < 1.29 is 4.79 Å². The van der Waals surface area contributed by atoms with Crippen LogP contribution in [0.1, 0.15) is 39.0 Å². The van der Waals surface area contributed by atoms with Gasteiger partial charge in [0.05, 0.1) is 12.5 Å². The van der Waals surface area contributed by atoms with Crippen LogP contribution in [0.5, 0.6) is 0 Å². The number of rotatable bonds is 10. The van der Waals surface area contributed by atoms with Crippen molar-refractivity contribution >= 4 is 23.6 Å². The summed E-state index contributed by atoms with van der Waals surface area (Å²) in [4.78, 5) is 20.0. The number of thioether (sulfide) groups is 1. The van der Waals surface area contributed by atoms with Gasteiger partial charge < -0.3 is 21.3 Å². The highest BCUT2D eigenvalue weighted by Crippen LogP contribution is 2.51. The van der Waals surface area contributed by atoms with Gasteiger partial charge >= 0.3 is 0 Å². The number of aliphatic imine (C=N–C) groups is 1. The lowest BCUT2D eigenvalue weighted by molar-refractivity contribution is -0.123. The van der Waals surface area contributed by atoms with Crippen molar-refractivity contribution in [3.63, 3.8) is 0 Å². The number of guanidine groups is 1. The van der Waals surface area contributed by atoms with Gasteiger partial charge in [-0.15, -0.1) is 11.8 Å². The van der Waals surface area contributed by atoms with Gasteiger partial charge in [0.2, 0.25) is 5.91 Å². The Balaban J connectivity index is 1.41. The molecule has 160 valence electrons. The molecule has 1 aliphatic heterocycles. The number of nitrogens with zero attached hydrogens (tertiary/aromatic N) is 2. The average Bonchev–Trinajstić information content (AvgIpc) is 3.49. The van der Waals surface area contributed by atoms with E-state index >= 15 is 0 Å². The molecule has 2 fully saturated rings. The van der Waals surface area contributed by atoms with Gasteiger partial charge in [-0.3, -0.25) is 9.79 Å². The number of hydrogen-bond donors (Lipinski definition) is 3. The second-order valence-electron chi connectivity index (χ2n) is 8.12. The SMILES string of the molecule is CCNC(=NCC1(Sc2ccccc2)CC1)NCCCN1CCCC(C(N)=O)C1. The minimum Gasteiger partial charge on any atom is -0.369 e. The predicted molar refractivity (Wildman–Crippen MR) is 121 cm³/mol. The summed E-state index contributed by atoms with van der Waals surface area (Å²) in [7, 11) is 0. The van der Waals surface area contributed by atoms with Crippen LogP contribution in [0.15, 0.2) is 40.2 Å². The molecule has 7 heteroatoms. The minimum atomic E-state index is -0.156. The highest BCUT2D eigenvalue weighted by molar-refractivity contribution is 8.01. The monoisotopic (exact) mass is 417 g/mol. The molecule has 0 aromatic heterocycles. The molecular formula is C22H35N5OS. The number of piperidine rings is 1. The first-order valence-electron chi connectivity index (χ1n) is 10.9. The number of likely N-dealkylation sites (tertiary alicyclic amines) is 1. The van der Waals surface area contributed by atoms with Crippen molar-refractivity contribution in [3.05, 3.63) is 30.3 Å². The maximum atomic E-state index is 11.4. The molecule has 0 spiro atoms. The largest absolute Gasteiger partial charge is 0.369 e. The van der Waals surface area contributed by atoms with Gasteiger partial charge in [0.15, 0.2) is 5.96 Å². The van der Waals surface area contributed by atoms with Crippen molar-refractivity contribution in [1.29, 1.82) is 0 Å². The van der Waals surface area contributed by atoms with Crippen molar-refractivity contribution in [2.24, 2.45) is 16.6 Å². The molecule has 6 nitrogen and oxygen atoms in total. The van der Waals surface area contributed by atoms with E-state index in [-0.39, 0.29) is 16.6 Å². The van der Waals surface area contributed by atoms with E-state index in [1.807, 2.05) is 11.8 Å². The molecule has 1 saturated carbocycles. The van der Waals surface area contributed by atoms with Gasteiger partial charge in [-0.1, -0.05) is 18.2 Å². The van der Waals surface area contributed by atoms with Crippen molar-refractivity contribution in [2.75, 3.05) is 39.3 Å². The van der Waals surface area contributed by atoms with E-state index in [0.29, 0.717) is 0 Å². The van der Waals surface area contributed by atoms with Crippen LogP contribution in [0.3, 0.4) is 0 Å². The van der Waals surface area contributed by atoms with E-state index in [0.717, 1.165) is 64.5 Å². The van der Waals surface area contributed by atoms with Gasteiger partial charge in [0.25, 0.3) is 0 Å². The second kappa shape index (κ2) is 10.9. The number of benzene rings is 1. The Hall–Kier alpha value is -1.73. The molecule has 4 N–H and O–H groups in total. The molecule has 1 aromatic rings. The van der Waals surface area contributed by atoms with E-state index in [1.54, 1.807) is 0 Å². The summed E-state index contributed by atoms with van der Waals surface area (Å²) in [5.41, 5.74) is 5.48. The summed E-state index contributed by atoms with van der Waals surface area (Å²) < 4.78 is 0.265. The summed E-state index contributed by atoms with van der Waals surface area (Å²) in [6.07, 6.45) is 5.48. The van der Waals surface area contributed by atoms with Crippen molar-refractivity contribution in [1.82, 2.24) is 15.5 Å². The molecule has 2 aliphatic rings. The smallest absolute Gasteiger partial charge is 0.221 e. The highest BCUT2D eigenvalue weighted by atomic mass is 32.2. The van der Waals surface area contributed by atoms with Gasteiger partial charge in [-0.2, -0.15) is 0 Å². The average molecular weight is 418 g/mol. The Kier molecular flexibility index (Phi) is 8.24. The van der Waals surface area contributed by atoms with Gasteiger partial charge in [0, 0.05) is 29.3 Å². The molecule has 1 amide bonds. The summed E-state index contributed by atoms with van der Waals surface area (Å²) in [6, 6.07) is 10.6. The molecule has 1 unspecified atom stereocenters. The van der Waals surface area contributed by atoms with Crippen LogP contribution in [-0.4, -0.2) is 60.8 Å². The molecule has 0 bridgehead atoms. The first kappa shape index (κ1) is 22.0. The Morgan fingerprint density at radius 2 is 2.10 bits per heavy atom. The lowest BCUT2D eigenvalue weighted by Crippen LogP contribution is -2.43. The molecule has 0 radical (unpaired) electrons. The summed E-state index contributed by atoms with van der Waals surface area (Å²) in [5, 5.41) is 6.83. The normalized spacial score (nSPS) is 21.6. The second-order valence-corrected chi connectivity index (χ2v) is 9.66. The Bertz CT molecular complexity index is 677. The van der Waals surface area contributed by atoms with Crippen molar-refractivity contribution in [2.45, 2.75) is 48.7 Å². The summed E-state index contributed by atoms with van der Waals surface area (Å²) >= 11 is 1.96. The third-order valence-electron chi connectivity index (χ3n) is 5.61. The first-order chi connectivity index (χ1) is 14.1. The van der Waals surface area contributed by atoms with Gasteiger partial charge in [-0.25, -0.2) is 0 Å². The summed E-state index contributed by atoms with van der Waals surface area (Å²) in [6.45, 7) is 7.54. The van der Waals surface area contributed by atoms with Crippen LogP contribution in [0.2, 0.25) is 0 Å². The standard InChI is InChI=1S/C22H35N5OS/c1-2-24-21(25-13-7-15-27-14-6-8-18(16-27)20(23)28)26-17-22(11-12-22)29-19-9-4-3-5-10-19/h3-5,9-10,18H,2,6-8,11-17H2,1H3,(H2,23,28)(H2,24,25,26). The third-order valence-corrected chi connectivity index (χ3v) is 7.08. The van der Waals surface area contributed by atoms with E-state index in [9.17, 15) is 4.79 Å². The van der Waals surface area contributed by atoms with Crippen LogP contribution < -0.4 is 16.4 Å². The van der Waals surface area contributed by atoms with E-state index in [1.165, 1.54) is 17.7 Å². The van der Waals surface area contributed by atoms with E-state index in [4.69, 9.17) is 10.7 Å². The molecular weight excluding hydrogens is 382 g/mol. The van der Waals surface area contributed by atoms with Crippen molar-refractivity contribution in [3.8, 4) is 0 Å². The van der Waals surface area contributed by atoms with Gasteiger partial charge in [-0.05, 0) is 64.3 Å². The van der Waals surface area contributed by atoms with Crippen LogP contribution in [0.4, 0.5) is 0 Å². The number of carbonyl (C=O) groups excluding carboxylic acids is 1. The van der Waals surface area contributed by atoms with Crippen LogP contribution in [0, 0.1) is 5.92 Å². The maximum Gasteiger partial charge on any atom is 0.221 e. The maximum absolute atomic E-state index is 11.4. The Labute approximate surface area is 179 Å². The number of nitrogens with two attached hydrogens (primary N) is 1. The fourth-order valence-electron chi connectivity index (χ4n) is 3.74. The van der Waals surface area contributed by atoms with Crippen LogP contribution in [0.25, 0.3) is 0 Å². The molecule has 29 heavy (non-hydrogen) atoms. The molecule has 1 heterocycles. The minimum absolute atomic E-state index is 0.0208. The highest BCUT2D eigenvalue weighted by Gasteiger charge is 2.43. The zero-order valence-electron chi connectivity index (χ0n) is 17.5. The quantitative estimate of drug-likeness (QED) is 0.309. The molecule has 3 rings (SSSR count). The first-order valence-corrected chi connectivity index (χ1v) is 11.7. The predicted octanol–water partition coefficient (Wildman–Crippen LogP) is 2.45. The Morgan fingerprint density at radius 3 is 2.79 bits per heavy atom. The molecule has 1 atom stereocenters. The fraction of sp³-hybridized carbons (Fsp3) is 0.636. The zero-order chi connectivity index (χ0) is 20.5. The molecule has 1 aliphatic carbocycles.